The lowest BCUT2D eigenvalue weighted by Gasteiger charge is -2.14. The molecule has 0 aliphatic rings. The lowest BCUT2D eigenvalue weighted by atomic mass is 10.1. The molecule has 0 aliphatic heterocycles. The second-order valence-corrected chi connectivity index (χ2v) is 8.01. The third kappa shape index (κ3) is 4.66. The molecule has 1 atom stereocenters. The number of benzene rings is 2. The van der Waals surface area contributed by atoms with Gasteiger partial charge in [-0.1, -0.05) is 48.5 Å². The van der Waals surface area contributed by atoms with Crippen LogP contribution in [0.2, 0.25) is 0 Å². The lowest BCUT2D eigenvalue weighted by molar-refractivity contribution is -0.119. The maximum Gasteiger partial charge on any atom is 0.230 e. The number of amides is 1. The highest BCUT2D eigenvalue weighted by Gasteiger charge is 2.15. The number of hydrogen-bond acceptors (Lipinski definition) is 3. The summed E-state index contributed by atoms with van der Waals surface area (Å²) in [5.41, 5.74) is 3.20. The van der Waals surface area contributed by atoms with Crippen LogP contribution in [0.1, 0.15) is 24.1 Å². The first-order valence-electron chi connectivity index (χ1n) is 9.90. The molecule has 0 fully saturated rings. The summed E-state index contributed by atoms with van der Waals surface area (Å²) in [5.74, 6) is 2.14. The minimum Gasteiger partial charge on any atom is -0.349 e. The van der Waals surface area contributed by atoms with Crippen LogP contribution >= 0.6 is 11.8 Å². The number of nitrogens with one attached hydrogen (secondary N) is 1. The molecule has 2 aromatic heterocycles. The van der Waals surface area contributed by atoms with E-state index in [1.54, 1.807) is 11.8 Å². The number of nitrogens with zero attached hydrogens (tertiary/aromatic N) is 3. The summed E-state index contributed by atoms with van der Waals surface area (Å²) in [6, 6.07) is 24.1. The minimum absolute atomic E-state index is 0.00411. The number of para-hydroxylation sites is 1. The number of carbonyl (C=O) groups is 1. The number of aromatic nitrogens is 3. The molecule has 0 spiro atoms. The summed E-state index contributed by atoms with van der Waals surface area (Å²) < 4.78 is 4.00. The van der Waals surface area contributed by atoms with Gasteiger partial charge in [-0.3, -0.25) is 4.79 Å². The molecule has 0 unspecified atom stereocenters. The summed E-state index contributed by atoms with van der Waals surface area (Å²) in [5, 5.41) is 7.68. The van der Waals surface area contributed by atoms with Crippen molar-refractivity contribution in [3.05, 3.63) is 103 Å². The molecule has 0 saturated heterocycles. The second kappa shape index (κ2) is 9.50. The van der Waals surface area contributed by atoms with Gasteiger partial charge in [0, 0.05) is 23.7 Å². The van der Waals surface area contributed by atoms with Crippen molar-refractivity contribution in [2.45, 2.75) is 18.7 Å². The van der Waals surface area contributed by atoms with Crippen molar-refractivity contribution in [1.82, 2.24) is 19.7 Å². The van der Waals surface area contributed by atoms with Crippen molar-refractivity contribution >= 4 is 17.7 Å². The lowest BCUT2D eigenvalue weighted by Crippen LogP contribution is -2.28. The van der Waals surface area contributed by atoms with Crippen LogP contribution in [0, 0.1) is 0 Å². The molecule has 1 N–H and O–H groups in total. The molecule has 6 heteroatoms. The Morgan fingerprint density at radius 2 is 1.67 bits per heavy atom. The quantitative estimate of drug-likeness (QED) is 0.450. The average Bonchev–Trinajstić information content (AvgIpc) is 3.44. The first-order valence-corrected chi connectivity index (χ1v) is 11.1. The van der Waals surface area contributed by atoms with Crippen LogP contribution in [-0.4, -0.2) is 26.0 Å². The van der Waals surface area contributed by atoms with E-state index >= 15 is 0 Å². The Kier molecular flexibility index (Phi) is 6.35. The van der Waals surface area contributed by atoms with Gasteiger partial charge in [0.2, 0.25) is 5.91 Å². The van der Waals surface area contributed by atoms with Gasteiger partial charge < -0.3 is 9.88 Å². The molecule has 30 heavy (non-hydrogen) atoms. The SMILES string of the molecule is C[C@@H](NC(=O)CSCc1cnn(-c2ccccc2)c1-n1cccc1)c1ccccc1. The van der Waals surface area contributed by atoms with Gasteiger partial charge >= 0.3 is 0 Å². The Bertz CT molecular complexity index is 1080. The van der Waals surface area contributed by atoms with Crippen LogP contribution in [0.15, 0.2) is 91.4 Å². The monoisotopic (exact) mass is 416 g/mol. The zero-order valence-electron chi connectivity index (χ0n) is 16.8. The van der Waals surface area contributed by atoms with Crippen molar-refractivity contribution in [3.8, 4) is 11.5 Å². The maximum atomic E-state index is 12.4. The molecule has 2 aromatic carbocycles. The summed E-state index contributed by atoms with van der Waals surface area (Å²) in [7, 11) is 0. The third-order valence-corrected chi connectivity index (χ3v) is 5.82. The largest absolute Gasteiger partial charge is 0.349 e. The number of carbonyl (C=O) groups excluding carboxylic acids is 1. The van der Waals surface area contributed by atoms with Gasteiger partial charge in [0.15, 0.2) is 0 Å². The van der Waals surface area contributed by atoms with Crippen molar-refractivity contribution in [3.63, 3.8) is 0 Å². The maximum absolute atomic E-state index is 12.4. The van der Waals surface area contributed by atoms with Gasteiger partial charge in [-0.2, -0.15) is 5.10 Å². The molecule has 5 nitrogen and oxygen atoms in total. The molecule has 2 heterocycles. The number of rotatable bonds is 8. The Morgan fingerprint density at radius 3 is 2.37 bits per heavy atom. The first-order chi connectivity index (χ1) is 14.7. The van der Waals surface area contributed by atoms with E-state index in [-0.39, 0.29) is 11.9 Å². The molecule has 0 radical (unpaired) electrons. The highest BCUT2D eigenvalue weighted by molar-refractivity contribution is 7.99. The molecular weight excluding hydrogens is 392 g/mol. The van der Waals surface area contributed by atoms with Crippen molar-refractivity contribution in [1.29, 1.82) is 0 Å². The molecule has 0 bridgehead atoms. The first kappa shape index (κ1) is 20.0. The molecule has 152 valence electrons. The Labute approximate surface area is 180 Å². The van der Waals surface area contributed by atoms with Crippen LogP contribution < -0.4 is 5.32 Å². The predicted molar refractivity (Wildman–Crippen MR) is 122 cm³/mol. The van der Waals surface area contributed by atoms with E-state index in [0.29, 0.717) is 11.5 Å². The van der Waals surface area contributed by atoms with E-state index in [1.165, 1.54) is 0 Å². The van der Waals surface area contributed by atoms with Gasteiger partial charge in [-0.15, -0.1) is 11.8 Å². The van der Waals surface area contributed by atoms with E-state index < -0.39 is 0 Å². The van der Waals surface area contributed by atoms with E-state index in [9.17, 15) is 4.79 Å². The summed E-state index contributed by atoms with van der Waals surface area (Å²) in [4.78, 5) is 12.4. The summed E-state index contributed by atoms with van der Waals surface area (Å²) in [6.45, 7) is 2.01. The second-order valence-electron chi connectivity index (χ2n) is 7.02. The standard InChI is InChI=1S/C24H24N4OS/c1-19(20-10-4-2-5-11-20)26-23(29)18-30-17-21-16-25-28(22-12-6-3-7-13-22)24(21)27-14-8-9-15-27/h2-16,19H,17-18H2,1H3,(H,26,29)/t19-/m1/s1. The van der Waals surface area contributed by atoms with E-state index in [2.05, 4.69) is 15.0 Å². The van der Waals surface area contributed by atoms with Crippen LogP contribution in [0.5, 0.6) is 0 Å². The number of hydrogen-bond donors (Lipinski definition) is 1. The van der Waals surface area contributed by atoms with Gasteiger partial charge in [0.25, 0.3) is 0 Å². The molecule has 4 aromatic rings. The average molecular weight is 417 g/mol. The van der Waals surface area contributed by atoms with Crippen LogP contribution in [0.25, 0.3) is 11.5 Å². The molecular formula is C24H24N4OS. The van der Waals surface area contributed by atoms with Gasteiger partial charge in [0.05, 0.1) is 23.7 Å². The Balaban J connectivity index is 1.43. The number of thioether (sulfide) groups is 1. The van der Waals surface area contributed by atoms with E-state index in [0.717, 1.165) is 22.6 Å². The zero-order chi connectivity index (χ0) is 20.8. The van der Waals surface area contributed by atoms with E-state index in [4.69, 9.17) is 0 Å². The normalized spacial score (nSPS) is 11.9. The van der Waals surface area contributed by atoms with E-state index in [1.807, 2.05) is 103 Å². The molecule has 0 aliphatic carbocycles. The predicted octanol–water partition coefficient (Wildman–Crippen LogP) is 4.77. The Hall–Kier alpha value is -3.25. The van der Waals surface area contributed by atoms with Crippen molar-refractivity contribution < 1.29 is 4.79 Å². The minimum atomic E-state index is -0.00411. The van der Waals surface area contributed by atoms with Crippen LogP contribution in [-0.2, 0) is 10.5 Å². The molecule has 4 rings (SSSR count). The molecule has 0 saturated carbocycles. The fourth-order valence-corrected chi connectivity index (χ4v) is 4.14. The highest BCUT2D eigenvalue weighted by atomic mass is 32.2. The summed E-state index contributed by atoms with van der Waals surface area (Å²) in [6.07, 6.45) is 5.91. The van der Waals surface area contributed by atoms with Crippen molar-refractivity contribution in [2.75, 3.05) is 5.75 Å². The highest BCUT2D eigenvalue weighted by Crippen LogP contribution is 2.23. The summed E-state index contributed by atoms with van der Waals surface area (Å²) >= 11 is 1.59. The molecule has 1 amide bonds. The third-order valence-electron chi connectivity index (χ3n) is 4.83. The smallest absolute Gasteiger partial charge is 0.230 e. The zero-order valence-corrected chi connectivity index (χ0v) is 17.6. The van der Waals surface area contributed by atoms with Crippen LogP contribution in [0.4, 0.5) is 0 Å². The van der Waals surface area contributed by atoms with Crippen LogP contribution in [0.3, 0.4) is 0 Å². The van der Waals surface area contributed by atoms with Gasteiger partial charge in [0.1, 0.15) is 5.82 Å². The fourth-order valence-electron chi connectivity index (χ4n) is 3.35. The van der Waals surface area contributed by atoms with Crippen molar-refractivity contribution in [2.24, 2.45) is 0 Å². The Morgan fingerprint density at radius 1 is 1.00 bits per heavy atom. The topological polar surface area (TPSA) is 51.9 Å². The fraction of sp³-hybridized carbons (Fsp3) is 0.167. The van der Waals surface area contributed by atoms with Gasteiger partial charge in [-0.25, -0.2) is 4.68 Å². The van der Waals surface area contributed by atoms with Gasteiger partial charge in [-0.05, 0) is 36.8 Å².